The third kappa shape index (κ3) is 2.58. The molecule has 0 spiro atoms. The Morgan fingerprint density at radius 3 is 2.81 bits per heavy atom. The van der Waals surface area contributed by atoms with E-state index >= 15 is 0 Å². The van der Waals surface area contributed by atoms with Gasteiger partial charge in [0, 0.05) is 29.7 Å². The lowest BCUT2D eigenvalue weighted by molar-refractivity contribution is -0.152. The van der Waals surface area contributed by atoms with Gasteiger partial charge in [-0.3, -0.25) is 9.69 Å². The molecule has 1 saturated carbocycles. The van der Waals surface area contributed by atoms with Crippen molar-refractivity contribution in [2.75, 3.05) is 25.5 Å². The van der Waals surface area contributed by atoms with Crippen LogP contribution in [0, 0.1) is 11.3 Å². The minimum Gasteiger partial charge on any atom is -0.377 e. The van der Waals surface area contributed by atoms with E-state index in [4.69, 9.17) is 4.74 Å². The number of hydrogen-bond donors (Lipinski definition) is 1. The molecule has 1 saturated heterocycles. The van der Waals surface area contributed by atoms with Gasteiger partial charge in [-0.2, -0.15) is 0 Å². The number of para-hydroxylation sites is 1. The second kappa shape index (κ2) is 5.43. The van der Waals surface area contributed by atoms with Gasteiger partial charge in [0.2, 0.25) is 5.91 Å². The SMILES string of the molecule is CN(CC(=O)Nc1ccccc1)[C@@H]1[C@@H]2CCO[C@@H]2C1(C)C. The molecular formula is C17H24N2O2. The van der Waals surface area contributed by atoms with Gasteiger partial charge < -0.3 is 10.1 Å². The van der Waals surface area contributed by atoms with Crippen LogP contribution in [0.15, 0.2) is 30.3 Å². The molecule has 2 fully saturated rings. The summed E-state index contributed by atoms with van der Waals surface area (Å²) in [5, 5.41) is 2.95. The second-order valence-corrected chi connectivity index (χ2v) is 6.84. The predicted octanol–water partition coefficient (Wildman–Crippen LogP) is 2.37. The molecule has 3 rings (SSSR count). The van der Waals surface area contributed by atoms with E-state index in [1.54, 1.807) is 0 Å². The van der Waals surface area contributed by atoms with Gasteiger partial charge in [-0.05, 0) is 25.6 Å². The van der Waals surface area contributed by atoms with Gasteiger partial charge in [-0.1, -0.05) is 32.0 Å². The quantitative estimate of drug-likeness (QED) is 0.925. The smallest absolute Gasteiger partial charge is 0.238 e. The maximum Gasteiger partial charge on any atom is 0.238 e. The van der Waals surface area contributed by atoms with Gasteiger partial charge in [0.1, 0.15) is 0 Å². The van der Waals surface area contributed by atoms with E-state index in [1.165, 1.54) is 0 Å². The Kier molecular flexibility index (Phi) is 3.76. The van der Waals surface area contributed by atoms with E-state index in [0.29, 0.717) is 24.6 Å². The molecule has 1 aromatic carbocycles. The van der Waals surface area contributed by atoms with Crippen molar-refractivity contribution in [3.05, 3.63) is 30.3 Å². The average molecular weight is 288 g/mol. The first-order chi connectivity index (χ1) is 10.00. The zero-order valence-electron chi connectivity index (χ0n) is 13.0. The summed E-state index contributed by atoms with van der Waals surface area (Å²) >= 11 is 0. The first kappa shape index (κ1) is 14.5. The molecule has 21 heavy (non-hydrogen) atoms. The maximum absolute atomic E-state index is 12.2. The van der Waals surface area contributed by atoms with Crippen LogP contribution in [-0.4, -0.2) is 43.2 Å². The molecule has 0 aromatic heterocycles. The zero-order chi connectivity index (χ0) is 15.0. The van der Waals surface area contributed by atoms with Gasteiger partial charge in [-0.15, -0.1) is 0 Å². The van der Waals surface area contributed by atoms with E-state index < -0.39 is 0 Å². The molecule has 2 aliphatic rings. The van der Waals surface area contributed by atoms with Gasteiger partial charge in [0.15, 0.2) is 0 Å². The summed E-state index contributed by atoms with van der Waals surface area (Å²) in [6.07, 6.45) is 1.48. The fourth-order valence-corrected chi connectivity index (χ4v) is 4.24. The molecule has 0 bridgehead atoms. The van der Waals surface area contributed by atoms with Gasteiger partial charge >= 0.3 is 0 Å². The lowest BCUT2D eigenvalue weighted by Gasteiger charge is -2.57. The summed E-state index contributed by atoms with van der Waals surface area (Å²) in [4.78, 5) is 14.4. The Hall–Kier alpha value is -1.39. The molecule has 1 aliphatic carbocycles. The van der Waals surface area contributed by atoms with E-state index in [9.17, 15) is 4.79 Å². The first-order valence-corrected chi connectivity index (χ1v) is 7.67. The van der Waals surface area contributed by atoms with E-state index in [-0.39, 0.29) is 11.3 Å². The second-order valence-electron chi connectivity index (χ2n) is 6.84. The lowest BCUT2D eigenvalue weighted by atomic mass is 9.57. The molecule has 1 amide bonds. The van der Waals surface area contributed by atoms with E-state index in [2.05, 4.69) is 24.1 Å². The molecule has 4 heteroatoms. The third-order valence-electron chi connectivity index (χ3n) is 4.96. The number of nitrogens with one attached hydrogen (secondary N) is 1. The molecule has 1 aliphatic heterocycles. The molecule has 0 unspecified atom stereocenters. The summed E-state index contributed by atoms with van der Waals surface area (Å²) in [6, 6.07) is 10.0. The highest BCUT2D eigenvalue weighted by atomic mass is 16.5. The number of carbonyl (C=O) groups is 1. The van der Waals surface area contributed by atoms with Crippen molar-refractivity contribution < 1.29 is 9.53 Å². The number of rotatable bonds is 4. The molecule has 1 N–H and O–H groups in total. The fraction of sp³-hybridized carbons (Fsp3) is 0.588. The van der Waals surface area contributed by atoms with E-state index in [1.807, 2.05) is 37.4 Å². The minimum atomic E-state index is 0.0434. The molecule has 3 atom stereocenters. The lowest BCUT2D eigenvalue weighted by Crippen LogP contribution is -2.66. The Bertz CT molecular complexity index is 515. The van der Waals surface area contributed by atoms with Crippen molar-refractivity contribution in [1.29, 1.82) is 0 Å². The summed E-state index contributed by atoms with van der Waals surface area (Å²) in [5.41, 5.74) is 0.981. The number of fused-ring (bicyclic) bond motifs is 1. The highest BCUT2D eigenvalue weighted by Crippen LogP contribution is 2.54. The van der Waals surface area contributed by atoms with Gasteiger partial charge in [0.25, 0.3) is 0 Å². The summed E-state index contributed by atoms with van der Waals surface area (Å²) in [5.74, 6) is 0.622. The van der Waals surface area contributed by atoms with Crippen molar-refractivity contribution in [3.8, 4) is 0 Å². The predicted molar refractivity (Wildman–Crippen MR) is 83.1 cm³/mol. The largest absolute Gasteiger partial charge is 0.377 e. The maximum atomic E-state index is 12.2. The van der Waals surface area contributed by atoms with Crippen molar-refractivity contribution in [2.45, 2.75) is 32.4 Å². The van der Waals surface area contributed by atoms with Crippen LogP contribution in [0.1, 0.15) is 20.3 Å². The van der Waals surface area contributed by atoms with Crippen LogP contribution in [0.5, 0.6) is 0 Å². The fourth-order valence-electron chi connectivity index (χ4n) is 4.24. The summed E-state index contributed by atoms with van der Waals surface area (Å²) in [6.45, 7) is 5.77. The van der Waals surface area contributed by atoms with Crippen LogP contribution in [0.2, 0.25) is 0 Å². The normalized spacial score (nSPS) is 29.8. The zero-order valence-corrected chi connectivity index (χ0v) is 13.0. The Balaban J connectivity index is 1.59. The number of nitrogens with zero attached hydrogens (tertiary/aromatic N) is 1. The monoisotopic (exact) mass is 288 g/mol. The standard InChI is InChI=1S/C17H24N2O2/c1-17(2)15(13-9-10-21-16(13)17)19(3)11-14(20)18-12-7-5-4-6-8-12/h4-8,13,15-16H,9-11H2,1-3H3,(H,18,20)/t13-,15+,16-/m0/s1. The van der Waals surface area contributed by atoms with Crippen LogP contribution in [-0.2, 0) is 9.53 Å². The number of ether oxygens (including phenoxy) is 1. The number of anilines is 1. The number of hydrogen-bond acceptors (Lipinski definition) is 3. The number of carbonyl (C=O) groups excluding carboxylic acids is 1. The van der Waals surface area contributed by atoms with Gasteiger partial charge in [-0.25, -0.2) is 0 Å². The Morgan fingerprint density at radius 2 is 2.10 bits per heavy atom. The highest BCUT2D eigenvalue weighted by molar-refractivity contribution is 5.92. The summed E-state index contributed by atoms with van der Waals surface area (Å²) in [7, 11) is 2.05. The van der Waals surface area contributed by atoms with Crippen molar-refractivity contribution in [3.63, 3.8) is 0 Å². The van der Waals surface area contributed by atoms with E-state index in [0.717, 1.165) is 18.7 Å². The Morgan fingerprint density at radius 1 is 1.38 bits per heavy atom. The number of likely N-dealkylation sites (N-methyl/N-ethyl adjacent to an activating group) is 1. The third-order valence-corrected chi connectivity index (χ3v) is 4.96. The molecule has 0 radical (unpaired) electrons. The average Bonchev–Trinajstić information content (AvgIpc) is 2.85. The topological polar surface area (TPSA) is 41.6 Å². The molecule has 114 valence electrons. The van der Waals surface area contributed by atoms with Crippen molar-refractivity contribution in [2.24, 2.45) is 11.3 Å². The van der Waals surface area contributed by atoms with Gasteiger partial charge in [0.05, 0.1) is 12.6 Å². The van der Waals surface area contributed by atoms with Crippen LogP contribution in [0.4, 0.5) is 5.69 Å². The van der Waals surface area contributed by atoms with Crippen LogP contribution in [0.25, 0.3) is 0 Å². The van der Waals surface area contributed by atoms with Crippen LogP contribution in [0.3, 0.4) is 0 Å². The number of amides is 1. The molecule has 1 aromatic rings. The summed E-state index contributed by atoms with van der Waals surface area (Å²) < 4.78 is 5.82. The highest BCUT2D eigenvalue weighted by Gasteiger charge is 2.60. The minimum absolute atomic E-state index is 0.0434. The van der Waals surface area contributed by atoms with Crippen molar-refractivity contribution in [1.82, 2.24) is 4.90 Å². The number of benzene rings is 1. The molecule has 1 heterocycles. The van der Waals surface area contributed by atoms with Crippen molar-refractivity contribution >= 4 is 11.6 Å². The van der Waals surface area contributed by atoms with Crippen LogP contribution >= 0.6 is 0 Å². The van der Waals surface area contributed by atoms with Crippen LogP contribution < -0.4 is 5.32 Å². The molecular weight excluding hydrogens is 264 g/mol. The Labute approximate surface area is 126 Å². The first-order valence-electron chi connectivity index (χ1n) is 7.67. The molecule has 4 nitrogen and oxygen atoms in total.